The van der Waals surface area contributed by atoms with E-state index in [0.29, 0.717) is 12.2 Å². The maximum Gasteiger partial charge on any atom is 0.313 e. The summed E-state index contributed by atoms with van der Waals surface area (Å²) in [5, 5.41) is 5.10. The Morgan fingerprint density at radius 3 is 2.79 bits per heavy atom. The van der Waals surface area contributed by atoms with Crippen LogP contribution in [-0.4, -0.2) is 47.9 Å². The van der Waals surface area contributed by atoms with Crippen LogP contribution in [0.15, 0.2) is 24.5 Å². The van der Waals surface area contributed by atoms with Crippen molar-refractivity contribution in [2.75, 3.05) is 31.5 Å². The minimum atomic E-state index is -0.654. The summed E-state index contributed by atoms with van der Waals surface area (Å²) in [6.07, 6.45) is 5.04. The summed E-state index contributed by atoms with van der Waals surface area (Å²) in [6, 6.07) is 3.38. The number of carbonyl (C=O) groups is 2. The standard InChI is InChI=1S/C13H18N4O2/c18-12(15-6-1-2-7-17-8-9-17)13(19)16-11-4-3-5-14-10-11/h3-5,10H,1-2,6-9H2,(H,15,18)(H,16,19). The van der Waals surface area contributed by atoms with Crippen molar-refractivity contribution in [1.29, 1.82) is 0 Å². The zero-order chi connectivity index (χ0) is 13.5. The topological polar surface area (TPSA) is 74.1 Å². The minimum absolute atomic E-state index is 0.518. The first-order chi connectivity index (χ1) is 9.25. The van der Waals surface area contributed by atoms with E-state index in [-0.39, 0.29) is 0 Å². The van der Waals surface area contributed by atoms with Crippen LogP contribution in [0.25, 0.3) is 0 Å². The summed E-state index contributed by atoms with van der Waals surface area (Å²) in [5.41, 5.74) is 0.518. The van der Waals surface area contributed by atoms with Crippen molar-refractivity contribution in [3.05, 3.63) is 24.5 Å². The molecule has 1 aromatic rings. The average Bonchev–Trinajstić information content (AvgIpc) is 3.23. The summed E-state index contributed by atoms with van der Waals surface area (Å²) in [4.78, 5) is 29.2. The number of nitrogens with one attached hydrogen (secondary N) is 2. The molecule has 0 radical (unpaired) electrons. The van der Waals surface area contributed by atoms with Gasteiger partial charge in [-0.1, -0.05) is 0 Å². The van der Waals surface area contributed by atoms with E-state index in [9.17, 15) is 9.59 Å². The van der Waals surface area contributed by atoms with E-state index in [1.807, 2.05) is 0 Å². The highest BCUT2D eigenvalue weighted by Crippen LogP contribution is 2.04. The van der Waals surface area contributed by atoms with E-state index in [2.05, 4.69) is 20.5 Å². The van der Waals surface area contributed by atoms with Crippen LogP contribution in [0.1, 0.15) is 12.8 Å². The summed E-state index contributed by atoms with van der Waals surface area (Å²) in [6.45, 7) is 4.00. The van der Waals surface area contributed by atoms with E-state index < -0.39 is 11.8 Å². The van der Waals surface area contributed by atoms with Gasteiger partial charge in [-0.15, -0.1) is 0 Å². The molecule has 0 aromatic carbocycles. The number of rotatable bonds is 6. The van der Waals surface area contributed by atoms with Gasteiger partial charge in [-0.25, -0.2) is 0 Å². The fraction of sp³-hybridized carbons (Fsp3) is 0.462. The average molecular weight is 262 g/mol. The third-order valence-electron chi connectivity index (χ3n) is 2.85. The van der Waals surface area contributed by atoms with Crippen molar-refractivity contribution in [2.24, 2.45) is 0 Å². The van der Waals surface area contributed by atoms with Gasteiger partial charge in [0.2, 0.25) is 0 Å². The lowest BCUT2D eigenvalue weighted by Crippen LogP contribution is -2.36. The van der Waals surface area contributed by atoms with Gasteiger partial charge in [0, 0.05) is 25.8 Å². The molecule has 2 amide bonds. The molecule has 1 aromatic heterocycles. The van der Waals surface area contributed by atoms with Gasteiger partial charge in [-0.05, 0) is 31.5 Å². The molecule has 0 bridgehead atoms. The van der Waals surface area contributed by atoms with E-state index in [4.69, 9.17) is 0 Å². The molecule has 2 rings (SSSR count). The molecule has 0 atom stereocenters. The van der Waals surface area contributed by atoms with Gasteiger partial charge >= 0.3 is 11.8 Å². The quantitative estimate of drug-likeness (QED) is 0.437. The minimum Gasteiger partial charge on any atom is -0.348 e. The van der Waals surface area contributed by atoms with Crippen LogP contribution >= 0.6 is 0 Å². The Balaban J connectivity index is 1.60. The molecular weight excluding hydrogens is 244 g/mol. The van der Waals surface area contributed by atoms with E-state index in [1.54, 1.807) is 18.3 Å². The van der Waals surface area contributed by atoms with E-state index >= 15 is 0 Å². The summed E-state index contributed by atoms with van der Waals surface area (Å²) in [5.74, 6) is -1.26. The monoisotopic (exact) mass is 262 g/mol. The summed E-state index contributed by atoms with van der Waals surface area (Å²) in [7, 11) is 0. The molecular formula is C13H18N4O2. The predicted octanol–water partition coefficient (Wildman–Crippen LogP) is 0.232. The van der Waals surface area contributed by atoms with Gasteiger partial charge < -0.3 is 15.5 Å². The van der Waals surface area contributed by atoms with Crippen LogP contribution in [0.5, 0.6) is 0 Å². The lowest BCUT2D eigenvalue weighted by atomic mass is 10.3. The number of hydrogen-bond donors (Lipinski definition) is 2. The fourth-order valence-corrected chi connectivity index (χ4v) is 1.66. The van der Waals surface area contributed by atoms with Crippen LogP contribution in [0.4, 0.5) is 5.69 Å². The van der Waals surface area contributed by atoms with Crippen molar-refractivity contribution in [1.82, 2.24) is 15.2 Å². The third-order valence-corrected chi connectivity index (χ3v) is 2.85. The first kappa shape index (κ1) is 13.5. The first-order valence-electron chi connectivity index (χ1n) is 6.47. The van der Waals surface area contributed by atoms with Gasteiger partial charge in [0.1, 0.15) is 0 Å². The molecule has 0 unspecified atom stereocenters. The molecule has 1 saturated heterocycles. The van der Waals surface area contributed by atoms with E-state index in [0.717, 1.165) is 19.4 Å². The molecule has 19 heavy (non-hydrogen) atoms. The normalized spacial score (nSPS) is 13.9. The Morgan fingerprint density at radius 1 is 1.26 bits per heavy atom. The highest BCUT2D eigenvalue weighted by Gasteiger charge is 2.16. The van der Waals surface area contributed by atoms with Crippen LogP contribution in [0.2, 0.25) is 0 Å². The summed E-state index contributed by atoms with van der Waals surface area (Å²) >= 11 is 0. The molecule has 1 aliphatic heterocycles. The van der Waals surface area contributed by atoms with Crippen molar-refractivity contribution in [2.45, 2.75) is 12.8 Å². The van der Waals surface area contributed by atoms with E-state index in [1.165, 1.54) is 19.3 Å². The molecule has 6 heteroatoms. The van der Waals surface area contributed by atoms with Gasteiger partial charge in [0.15, 0.2) is 0 Å². The second-order valence-electron chi connectivity index (χ2n) is 4.50. The number of unbranched alkanes of at least 4 members (excludes halogenated alkanes) is 1. The highest BCUT2D eigenvalue weighted by molar-refractivity contribution is 6.39. The Kier molecular flexibility index (Phi) is 4.85. The van der Waals surface area contributed by atoms with Gasteiger partial charge in [-0.2, -0.15) is 0 Å². The zero-order valence-corrected chi connectivity index (χ0v) is 10.8. The first-order valence-corrected chi connectivity index (χ1v) is 6.47. The Bertz CT molecular complexity index is 432. The lowest BCUT2D eigenvalue weighted by molar-refractivity contribution is -0.136. The molecule has 0 aliphatic carbocycles. The second kappa shape index (κ2) is 6.84. The van der Waals surface area contributed by atoms with Crippen molar-refractivity contribution in [3.8, 4) is 0 Å². The Hall–Kier alpha value is -1.95. The number of amides is 2. The van der Waals surface area contributed by atoms with Crippen LogP contribution in [0, 0.1) is 0 Å². The number of carbonyl (C=O) groups excluding carboxylic acids is 2. The highest BCUT2D eigenvalue weighted by atomic mass is 16.2. The maximum absolute atomic E-state index is 11.5. The number of pyridine rings is 1. The fourth-order valence-electron chi connectivity index (χ4n) is 1.66. The SMILES string of the molecule is O=C(NCCCCN1CC1)C(=O)Nc1cccnc1. The van der Waals surface area contributed by atoms with Crippen molar-refractivity contribution < 1.29 is 9.59 Å². The molecule has 2 heterocycles. The molecule has 0 saturated carbocycles. The summed E-state index contributed by atoms with van der Waals surface area (Å²) < 4.78 is 0. The van der Waals surface area contributed by atoms with Crippen molar-refractivity contribution >= 4 is 17.5 Å². The molecule has 102 valence electrons. The van der Waals surface area contributed by atoms with Crippen LogP contribution in [-0.2, 0) is 9.59 Å². The molecule has 6 nitrogen and oxygen atoms in total. The van der Waals surface area contributed by atoms with Gasteiger partial charge in [0.25, 0.3) is 0 Å². The molecule has 1 fully saturated rings. The number of hydrogen-bond acceptors (Lipinski definition) is 4. The van der Waals surface area contributed by atoms with Crippen LogP contribution < -0.4 is 10.6 Å². The lowest BCUT2D eigenvalue weighted by Gasteiger charge is -2.06. The largest absolute Gasteiger partial charge is 0.348 e. The van der Waals surface area contributed by atoms with Gasteiger partial charge in [0.05, 0.1) is 11.9 Å². The molecule has 2 N–H and O–H groups in total. The van der Waals surface area contributed by atoms with Gasteiger partial charge in [-0.3, -0.25) is 14.6 Å². The smallest absolute Gasteiger partial charge is 0.313 e. The Labute approximate surface area is 112 Å². The predicted molar refractivity (Wildman–Crippen MR) is 71.6 cm³/mol. The Morgan fingerprint density at radius 2 is 2.11 bits per heavy atom. The zero-order valence-electron chi connectivity index (χ0n) is 10.8. The number of aromatic nitrogens is 1. The molecule has 0 spiro atoms. The number of anilines is 1. The molecule has 1 aliphatic rings. The second-order valence-corrected chi connectivity index (χ2v) is 4.50. The van der Waals surface area contributed by atoms with Crippen molar-refractivity contribution in [3.63, 3.8) is 0 Å². The maximum atomic E-state index is 11.5. The van der Waals surface area contributed by atoms with Crippen LogP contribution in [0.3, 0.4) is 0 Å². The third kappa shape index (κ3) is 5.05. The number of nitrogens with zero attached hydrogens (tertiary/aromatic N) is 2.